The van der Waals surface area contributed by atoms with Crippen molar-refractivity contribution in [2.45, 2.75) is 19.0 Å². The number of aromatic amines is 1. The van der Waals surface area contributed by atoms with Crippen LogP contribution in [0.1, 0.15) is 12.1 Å². The second kappa shape index (κ2) is 6.72. The summed E-state index contributed by atoms with van der Waals surface area (Å²) in [4.78, 5) is 18.5. The molecule has 0 unspecified atom stereocenters. The van der Waals surface area contributed by atoms with Crippen molar-refractivity contribution < 1.29 is 9.18 Å². The molecule has 0 amide bonds. The van der Waals surface area contributed by atoms with Crippen LogP contribution in [0.4, 0.5) is 4.39 Å². The lowest BCUT2D eigenvalue weighted by molar-refractivity contribution is -0.119. The Bertz CT molecular complexity index is 894. The van der Waals surface area contributed by atoms with E-state index < -0.39 is 6.17 Å². The summed E-state index contributed by atoms with van der Waals surface area (Å²) in [6, 6.07) is 8.07. The highest BCUT2D eigenvalue weighted by Gasteiger charge is 2.23. The normalized spacial score (nSPS) is 18.0. The lowest BCUT2D eigenvalue weighted by atomic mass is 10.0. The summed E-state index contributed by atoms with van der Waals surface area (Å²) in [6.07, 6.45) is 5.43. The van der Waals surface area contributed by atoms with Gasteiger partial charge in [0.15, 0.2) is 5.78 Å². The van der Waals surface area contributed by atoms with Crippen molar-refractivity contribution in [2.24, 2.45) is 0 Å². The van der Waals surface area contributed by atoms with Gasteiger partial charge < -0.3 is 0 Å². The Morgan fingerprint density at radius 3 is 2.92 bits per heavy atom. The van der Waals surface area contributed by atoms with E-state index in [4.69, 9.17) is 0 Å². The van der Waals surface area contributed by atoms with Crippen LogP contribution in [0.25, 0.3) is 21.9 Å². The van der Waals surface area contributed by atoms with Gasteiger partial charge in [-0.2, -0.15) is 5.10 Å². The van der Waals surface area contributed by atoms with E-state index in [0.29, 0.717) is 26.1 Å². The van der Waals surface area contributed by atoms with E-state index >= 15 is 0 Å². The molecule has 1 aliphatic rings. The summed E-state index contributed by atoms with van der Waals surface area (Å²) >= 11 is 0. The number of nitrogens with one attached hydrogen (secondary N) is 1. The van der Waals surface area contributed by atoms with Crippen LogP contribution in [0.15, 0.2) is 42.9 Å². The molecule has 1 atom stereocenters. The number of rotatable bonds is 5. The molecule has 2 aromatic heterocycles. The minimum Gasteiger partial charge on any atom is -0.298 e. The van der Waals surface area contributed by atoms with Gasteiger partial charge in [-0.3, -0.25) is 19.8 Å². The quantitative estimate of drug-likeness (QED) is 0.777. The van der Waals surface area contributed by atoms with Gasteiger partial charge in [0.2, 0.25) is 0 Å². The first-order chi connectivity index (χ1) is 12.2. The molecule has 25 heavy (non-hydrogen) atoms. The van der Waals surface area contributed by atoms with Crippen LogP contribution < -0.4 is 0 Å². The number of hydrogen-bond donors (Lipinski definition) is 1. The molecule has 6 heteroatoms. The fourth-order valence-electron chi connectivity index (χ4n) is 3.31. The van der Waals surface area contributed by atoms with E-state index in [1.807, 2.05) is 29.3 Å². The van der Waals surface area contributed by atoms with Crippen LogP contribution in [-0.2, 0) is 11.2 Å². The SMILES string of the molecule is O=C(Cc1cc2cc(-c3cn[nH]c3)ccc2cn1)CN1CC[C@@H](F)C1. The highest BCUT2D eigenvalue weighted by Crippen LogP contribution is 2.24. The Morgan fingerprint density at radius 2 is 2.16 bits per heavy atom. The molecule has 0 spiro atoms. The standard InChI is InChI=1S/C19H19FN4O/c20-17-3-4-24(11-17)12-19(25)7-18-6-15-5-13(16-9-22-23-10-16)1-2-14(15)8-21-18/h1-2,5-6,8-10,17H,3-4,7,11-12H2,(H,22,23)/t17-/m1/s1. The van der Waals surface area contributed by atoms with Gasteiger partial charge in [0.1, 0.15) is 6.17 Å². The summed E-state index contributed by atoms with van der Waals surface area (Å²) < 4.78 is 13.2. The van der Waals surface area contributed by atoms with Gasteiger partial charge in [0.05, 0.1) is 19.2 Å². The van der Waals surface area contributed by atoms with E-state index in [2.05, 4.69) is 21.2 Å². The molecule has 1 fully saturated rings. The maximum Gasteiger partial charge on any atom is 0.152 e. The van der Waals surface area contributed by atoms with E-state index in [-0.39, 0.29) is 12.2 Å². The molecule has 0 saturated carbocycles. The van der Waals surface area contributed by atoms with Gasteiger partial charge in [-0.15, -0.1) is 0 Å². The molecule has 1 saturated heterocycles. The van der Waals surface area contributed by atoms with Crippen molar-refractivity contribution in [3.8, 4) is 11.1 Å². The zero-order valence-electron chi connectivity index (χ0n) is 13.8. The van der Waals surface area contributed by atoms with Crippen LogP contribution in [0.3, 0.4) is 0 Å². The fourth-order valence-corrected chi connectivity index (χ4v) is 3.31. The molecule has 0 radical (unpaired) electrons. The molecule has 3 heterocycles. The number of likely N-dealkylation sites (tertiary alicyclic amines) is 1. The third kappa shape index (κ3) is 3.58. The number of carbonyl (C=O) groups is 1. The number of fused-ring (bicyclic) bond motifs is 1. The number of H-pyrrole nitrogens is 1. The number of halogens is 1. The van der Waals surface area contributed by atoms with E-state index in [1.165, 1.54) is 0 Å². The number of ketones is 1. The van der Waals surface area contributed by atoms with Crippen LogP contribution in [0.2, 0.25) is 0 Å². The molecule has 0 aliphatic carbocycles. The number of alkyl halides is 1. The Labute approximate surface area is 144 Å². The third-order valence-corrected chi connectivity index (χ3v) is 4.60. The van der Waals surface area contributed by atoms with E-state index in [1.54, 1.807) is 12.4 Å². The number of pyridine rings is 1. The first-order valence-electron chi connectivity index (χ1n) is 8.43. The van der Waals surface area contributed by atoms with Crippen molar-refractivity contribution >= 4 is 16.6 Å². The zero-order chi connectivity index (χ0) is 17.2. The Balaban J connectivity index is 1.50. The topological polar surface area (TPSA) is 61.9 Å². The number of Topliss-reactive ketones (excluding diaryl/α,β-unsaturated/α-hetero) is 1. The molecule has 5 nitrogen and oxygen atoms in total. The van der Waals surface area contributed by atoms with Crippen molar-refractivity contribution in [1.82, 2.24) is 20.1 Å². The second-order valence-electron chi connectivity index (χ2n) is 6.56. The smallest absolute Gasteiger partial charge is 0.152 e. The number of hydrogen-bond acceptors (Lipinski definition) is 4. The number of benzene rings is 1. The minimum absolute atomic E-state index is 0.0759. The van der Waals surface area contributed by atoms with Crippen molar-refractivity contribution in [1.29, 1.82) is 0 Å². The second-order valence-corrected chi connectivity index (χ2v) is 6.56. The predicted octanol–water partition coefficient (Wildman–Crippen LogP) is 2.78. The lowest BCUT2D eigenvalue weighted by Gasteiger charge is -2.13. The highest BCUT2D eigenvalue weighted by atomic mass is 19.1. The van der Waals surface area contributed by atoms with Crippen LogP contribution >= 0.6 is 0 Å². The number of nitrogens with zero attached hydrogens (tertiary/aromatic N) is 3. The Kier molecular flexibility index (Phi) is 4.28. The number of aromatic nitrogens is 3. The van der Waals surface area contributed by atoms with Gasteiger partial charge in [0, 0.05) is 42.1 Å². The summed E-state index contributed by atoms with van der Waals surface area (Å²) in [5.41, 5.74) is 2.83. The molecule has 0 bridgehead atoms. The van der Waals surface area contributed by atoms with Gasteiger partial charge in [-0.05, 0) is 29.5 Å². The molecule has 3 aromatic rings. The molecule has 1 aliphatic heterocycles. The summed E-state index contributed by atoms with van der Waals surface area (Å²) in [7, 11) is 0. The van der Waals surface area contributed by atoms with Gasteiger partial charge in [0.25, 0.3) is 0 Å². The first kappa shape index (κ1) is 15.9. The van der Waals surface area contributed by atoms with E-state index in [9.17, 15) is 9.18 Å². The first-order valence-corrected chi connectivity index (χ1v) is 8.43. The van der Waals surface area contributed by atoms with Crippen molar-refractivity contribution in [2.75, 3.05) is 19.6 Å². The monoisotopic (exact) mass is 338 g/mol. The maximum absolute atomic E-state index is 13.2. The fraction of sp³-hybridized carbons (Fsp3) is 0.316. The summed E-state index contributed by atoms with van der Waals surface area (Å²) in [5, 5.41) is 8.86. The summed E-state index contributed by atoms with van der Waals surface area (Å²) in [5.74, 6) is 0.0759. The average Bonchev–Trinajstić information content (AvgIpc) is 3.26. The van der Waals surface area contributed by atoms with Crippen molar-refractivity contribution in [3.05, 3.63) is 48.5 Å². The lowest BCUT2D eigenvalue weighted by Crippen LogP contribution is -2.29. The van der Waals surface area contributed by atoms with Gasteiger partial charge in [-0.25, -0.2) is 4.39 Å². The van der Waals surface area contributed by atoms with Gasteiger partial charge >= 0.3 is 0 Å². The molecule has 128 valence electrons. The minimum atomic E-state index is -0.798. The maximum atomic E-state index is 13.2. The molecule has 1 aromatic carbocycles. The molecule has 4 rings (SSSR count). The van der Waals surface area contributed by atoms with Crippen molar-refractivity contribution in [3.63, 3.8) is 0 Å². The van der Waals surface area contributed by atoms with E-state index in [0.717, 1.165) is 27.6 Å². The molecular weight excluding hydrogens is 319 g/mol. The van der Waals surface area contributed by atoms with Gasteiger partial charge in [-0.1, -0.05) is 12.1 Å². The average molecular weight is 338 g/mol. The predicted molar refractivity (Wildman–Crippen MR) is 94.0 cm³/mol. The Morgan fingerprint density at radius 1 is 1.24 bits per heavy atom. The van der Waals surface area contributed by atoms with Crippen LogP contribution in [0.5, 0.6) is 0 Å². The molecular formula is C19H19FN4O. The molecule has 1 N–H and O–H groups in total. The third-order valence-electron chi connectivity index (χ3n) is 4.60. The van der Waals surface area contributed by atoms with Crippen LogP contribution in [0, 0.1) is 0 Å². The highest BCUT2D eigenvalue weighted by molar-refractivity contribution is 5.88. The number of carbonyl (C=O) groups excluding carboxylic acids is 1. The van der Waals surface area contributed by atoms with Crippen LogP contribution in [-0.4, -0.2) is 51.7 Å². The summed E-state index contributed by atoms with van der Waals surface area (Å²) in [6.45, 7) is 1.33. The largest absolute Gasteiger partial charge is 0.298 e. The Hall–Kier alpha value is -2.60. The zero-order valence-corrected chi connectivity index (χ0v) is 13.8.